The molecular weight excluding hydrogens is 228 g/mol. The molecule has 1 aliphatic carbocycles. The van der Waals surface area contributed by atoms with E-state index < -0.39 is 0 Å². The number of hydrogen-bond donors (Lipinski definition) is 0. The highest BCUT2D eigenvalue weighted by Gasteiger charge is 2.19. The minimum absolute atomic E-state index is 0.161. The molecule has 2 heterocycles. The first-order chi connectivity index (χ1) is 8.75. The molecule has 0 saturated heterocycles. The van der Waals surface area contributed by atoms with Gasteiger partial charge in [-0.1, -0.05) is 0 Å². The number of carbonyl (C=O) groups excluding carboxylic acids is 1. The molecule has 5 heteroatoms. The molecule has 0 bridgehead atoms. The third-order valence-electron chi connectivity index (χ3n) is 3.26. The van der Waals surface area contributed by atoms with Crippen molar-refractivity contribution in [1.29, 1.82) is 0 Å². The molecule has 0 radical (unpaired) electrons. The van der Waals surface area contributed by atoms with Crippen LogP contribution in [-0.2, 0) is 13.5 Å². The van der Waals surface area contributed by atoms with Gasteiger partial charge in [0, 0.05) is 32.1 Å². The van der Waals surface area contributed by atoms with Gasteiger partial charge in [-0.2, -0.15) is 0 Å². The van der Waals surface area contributed by atoms with Crippen LogP contribution in [0.4, 0.5) is 0 Å². The first kappa shape index (κ1) is 11.1. The van der Waals surface area contributed by atoms with Crippen LogP contribution < -0.4 is 0 Å². The summed E-state index contributed by atoms with van der Waals surface area (Å²) in [5.74, 6) is 1.49. The zero-order valence-electron chi connectivity index (χ0n) is 10.3. The summed E-state index contributed by atoms with van der Waals surface area (Å²) >= 11 is 0. The number of carbonyl (C=O) groups is 1. The molecule has 0 aromatic carbocycles. The number of aromatic nitrogens is 4. The van der Waals surface area contributed by atoms with E-state index in [0.717, 1.165) is 30.8 Å². The van der Waals surface area contributed by atoms with Crippen LogP contribution in [0.2, 0.25) is 0 Å². The monoisotopic (exact) mass is 242 g/mol. The lowest BCUT2D eigenvalue weighted by Crippen LogP contribution is -2.06. The first-order valence-electron chi connectivity index (χ1n) is 6.12. The van der Waals surface area contributed by atoms with E-state index in [2.05, 4.69) is 15.0 Å². The summed E-state index contributed by atoms with van der Waals surface area (Å²) in [6.07, 6.45) is 8.63. The predicted molar refractivity (Wildman–Crippen MR) is 66.1 cm³/mol. The Morgan fingerprint density at radius 3 is 2.83 bits per heavy atom. The Labute approximate surface area is 105 Å². The highest BCUT2D eigenvalue weighted by atomic mass is 16.1. The topological polar surface area (TPSA) is 60.7 Å². The maximum atomic E-state index is 11.9. The average molecular weight is 242 g/mol. The normalized spacial score (nSPS) is 15.3. The molecule has 0 atom stereocenters. The number of imidazole rings is 1. The summed E-state index contributed by atoms with van der Waals surface area (Å²) in [6.45, 7) is 0. The van der Waals surface area contributed by atoms with Crippen LogP contribution in [0.1, 0.15) is 35.3 Å². The van der Waals surface area contributed by atoms with E-state index in [9.17, 15) is 4.79 Å². The van der Waals surface area contributed by atoms with Crippen LogP contribution in [0.5, 0.6) is 0 Å². The largest absolute Gasteiger partial charge is 0.331 e. The Morgan fingerprint density at radius 1 is 1.22 bits per heavy atom. The van der Waals surface area contributed by atoms with Gasteiger partial charge in [-0.25, -0.2) is 15.0 Å². The molecule has 0 spiro atoms. The van der Waals surface area contributed by atoms with Gasteiger partial charge in [-0.05, 0) is 19.3 Å². The summed E-state index contributed by atoms with van der Waals surface area (Å²) in [7, 11) is 1.91. The van der Waals surface area contributed by atoms with Gasteiger partial charge >= 0.3 is 0 Å². The third-order valence-corrected chi connectivity index (χ3v) is 3.26. The fraction of sp³-hybridized carbons (Fsp3) is 0.385. The maximum absolute atomic E-state index is 11.9. The molecule has 0 aliphatic heterocycles. The van der Waals surface area contributed by atoms with Crippen molar-refractivity contribution in [1.82, 2.24) is 19.5 Å². The van der Waals surface area contributed by atoms with Crippen LogP contribution in [0, 0.1) is 0 Å². The van der Waals surface area contributed by atoms with E-state index in [0.29, 0.717) is 17.8 Å². The van der Waals surface area contributed by atoms with Crippen molar-refractivity contribution in [3.8, 4) is 11.6 Å². The van der Waals surface area contributed by atoms with Crippen molar-refractivity contribution in [2.45, 2.75) is 25.7 Å². The molecule has 0 N–H and O–H groups in total. The zero-order valence-corrected chi connectivity index (χ0v) is 10.3. The van der Waals surface area contributed by atoms with Crippen molar-refractivity contribution in [3.63, 3.8) is 0 Å². The smallest absolute Gasteiger partial charge is 0.196 e. The Morgan fingerprint density at radius 2 is 2.06 bits per heavy atom. The molecule has 2 aromatic heterocycles. The first-order valence-corrected chi connectivity index (χ1v) is 6.12. The fourth-order valence-corrected chi connectivity index (χ4v) is 2.24. The molecule has 5 nitrogen and oxygen atoms in total. The van der Waals surface area contributed by atoms with Gasteiger partial charge < -0.3 is 4.57 Å². The van der Waals surface area contributed by atoms with Gasteiger partial charge in [0.05, 0.1) is 11.3 Å². The van der Waals surface area contributed by atoms with Crippen molar-refractivity contribution in [2.24, 2.45) is 7.05 Å². The number of nitrogens with zero attached hydrogens (tertiary/aromatic N) is 4. The number of aryl methyl sites for hydroxylation is 2. The standard InChI is InChI=1S/C13H14N4O/c1-17-7-6-14-13(17)12-15-8-9-10(16-12)4-2-3-5-11(9)18/h6-8H,2-5H2,1H3. The highest BCUT2D eigenvalue weighted by Crippen LogP contribution is 2.20. The maximum Gasteiger partial charge on any atom is 0.196 e. The number of Topliss-reactive ketones (excluding diaryl/α,β-unsaturated/α-hetero) is 1. The number of hydrogen-bond acceptors (Lipinski definition) is 4. The van der Waals surface area contributed by atoms with E-state index in [1.165, 1.54) is 0 Å². The van der Waals surface area contributed by atoms with E-state index >= 15 is 0 Å². The summed E-state index contributed by atoms with van der Waals surface area (Å²) in [5.41, 5.74) is 1.55. The van der Waals surface area contributed by atoms with Gasteiger partial charge in [0.25, 0.3) is 0 Å². The molecule has 0 saturated carbocycles. The molecule has 2 aromatic rings. The summed E-state index contributed by atoms with van der Waals surface area (Å²) in [6, 6.07) is 0. The minimum atomic E-state index is 0.161. The average Bonchev–Trinajstić information content (AvgIpc) is 2.71. The fourth-order valence-electron chi connectivity index (χ4n) is 2.24. The second-order valence-corrected chi connectivity index (χ2v) is 4.55. The molecule has 0 fully saturated rings. The molecule has 18 heavy (non-hydrogen) atoms. The van der Waals surface area contributed by atoms with Crippen LogP contribution >= 0.6 is 0 Å². The minimum Gasteiger partial charge on any atom is -0.331 e. The van der Waals surface area contributed by atoms with Crippen molar-refractivity contribution in [3.05, 3.63) is 29.8 Å². The molecule has 92 valence electrons. The van der Waals surface area contributed by atoms with E-state index in [1.807, 2.05) is 17.8 Å². The molecule has 3 rings (SSSR count). The highest BCUT2D eigenvalue weighted by molar-refractivity contribution is 5.97. The quantitative estimate of drug-likeness (QED) is 0.715. The van der Waals surface area contributed by atoms with Crippen molar-refractivity contribution in [2.75, 3.05) is 0 Å². The lowest BCUT2D eigenvalue weighted by Gasteiger charge is -2.06. The molecule has 1 aliphatic rings. The van der Waals surface area contributed by atoms with Crippen LogP contribution in [0.3, 0.4) is 0 Å². The van der Waals surface area contributed by atoms with E-state index in [1.54, 1.807) is 12.4 Å². The van der Waals surface area contributed by atoms with Gasteiger partial charge in [0.1, 0.15) is 0 Å². The lowest BCUT2D eigenvalue weighted by molar-refractivity contribution is 0.0981. The Bertz CT molecular complexity index is 603. The van der Waals surface area contributed by atoms with Gasteiger partial charge in [0.15, 0.2) is 17.4 Å². The van der Waals surface area contributed by atoms with Gasteiger partial charge in [0.2, 0.25) is 0 Å². The third kappa shape index (κ3) is 1.81. The molecule has 0 unspecified atom stereocenters. The molecule has 0 amide bonds. The summed E-state index contributed by atoms with van der Waals surface area (Å²) < 4.78 is 1.88. The van der Waals surface area contributed by atoms with Crippen molar-refractivity contribution < 1.29 is 4.79 Å². The predicted octanol–water partition coefficient (Wildman–Crippen LogP) is 1.79. The number of ketones is 1. The number of rotatable bonds is 1. The zero-order chi connectivity index (χ0) is 12.5. The summed E-state index contributed by atoms with van der Waals surface area (Å²) in [4.78, 5) is 24.9. The second-order valence-electron chi connectivity index (χ2n) is 4.55. The van der Waals surface area contributed by atoms with Gasteiger partial charge in [-0.15, -0.1) is 0 Å². The van der Waals surface area contributed by atoms with Gasteiger partial charge in [-0.3, -0.25) is 4.79 Å². The van der Waals surface area contributed by atoms with Crippen molar-refractivity contribution >= 4 is 5.78 Å². The second kappa shape index (κ2) is 4.33. The number of fused-ring (bicyclic) bond motifs is 1. The molecular formula is C13H14N4O. The van der Waals surface area contributed by atoms with Crippen LogP contribution in [0.25, 0.3) is 11.6 Å². The Hall–Kier alpha value is -2.04. The SMILES string of the molecule is Cn1ccnc1-c1ncc2c(n1)CCCCC2=O. The Kier molecular flexibility index (Phi) is 2.66. The van der Waals surface area contributed by atoms with Crippen LogP contribution in [-0.4, -0.2) is 25.3 Å². The Balaban J connectivity index is 2.08. The van der Waals surface area contributed by atoms with E-state index in [4.69, 9.17) is 0 Å². The lowest BCUT2D eigenvalue weighted by atomic mass is 10.1. The van der Waals surface area contributed by atoms with E-state index in [-0.39, 0.29) is 5.78 Å². The van der Waals surface area contributed by atoms with Crippen LogP contribution in [0.15, 0.2) is 18.6 Å². The summed E-state index contributed by atoms with van der Waals surface area (Å²) in [5, 5.41) is 0.